The normalized spacial score (nSPS) is 26.7. The van der Waals surface area contributed by atoms with Gasteiger partial charge in [-0.3, -0.25) is 4.79 Å². The molecule has 2 atom stereocenters. The molecule has 2 N–H and O–H groups in total. The summed E-state index contributed by atoms with van der Waals surface area (Å²) in [4.78, 5) is 12.3. The Bertz CT molecular complexity index is 532. The van der Waals surface area contributed by atoms with Crippen LogP contribution < -0.4 is 15.4 Å². The van der Waals surface area contributed by atoms with Crippen LogP contribution in [0.1, 0.15) is 44.6 Å². The maximum atomic E-state index is 12.3. The second-order valence-electron chi connectivity index (χ2n) is 6.64. The summed E-state index contributed by atoms with van der Waals surface area (Å²) in [6.45, 7) is 4.63. The highest BCUT2D eigenvalue weighted by molar-refractivity contribution is 5.91. The lowest BCUT2D eigenvalue weighted by molar-refractivity contribution is -0.117. The van der Waals surface area contributed by atoms with E-state index in [1.165, 1.54) is 12.8 Å². The molecular weight excluding hydrogens is 276 g/mol. The fourth-order valence-corrected chi connectivity index (χ4v) is 3.84. The molecule has 2 aliphatic rings. The molecule has 1 amide bonds. The van der Waals surface area contributed by atoms with Crippen molar-refractivity contribution in [3.8, 4) is 5.75 Å². The predicted octanol–water partition coefficient (Wildman–Crippen LogP) is 3.25. The molecule has 0 spiro atoms. The number of carbonyl (C=O) groups excluding carboxylic acids is 1. The van der Waals surface area contributed by atoms with Crippen LogP contribution in [-0.2, 0) is 4.79 Å². The van der Waals surface area contributed by atoms with Crippen molar-refractivity contribution in [1.82, 2.24) is 5.32 Å². The zero-order valence-corrected chi connectivity index (χ0v) is 13.5. The lowest BCUT2D eigenvalue weighted by Gasteiger charge is -2.28. The summed E-state index contributed by atoms with van der Waals surface area (Å²) in [5.74, 6) is 1.52. The van der Waals surface area contributed by atoms with Crippen LogP contribution in [0.3, 0.4) is 0 Å². The molecule has 2 bridgehead atoms. The Morgan fingerprint density at radius 1 is 1.32 bits per heavy atom. The molecule has 2 heterocycles. The van der Waals surface area contributed by atoms with Crippen LogP contribution >= 0.6 is 0 Å². The van der Waals surface area contributed by atoms with Crippen LogP contribution in [0.5, 0.6) is 5.75 Å². The Morgan fingerprint density at radius 2 is 2.05 bits per heavy atom. The van der Waals surface area contributed by atoms with Gasteiger partial charge in [-0.05, 0) is 69.2 Å². The van der Waals surface area contributed by atoms with E-state index in [-0.39, 0.29) is 5.91 Å². The van der Waals surface area contributed by atoms with E-state index in [9.17, 15) is 4.79 Å². The quantitative estimate of drug-likeness (QED) is 0.878. The topological polar surface area (TPSA) is 50.4 Å². The Labute approximate surface area is 132 Å². The van der Waals surface area contributed by atoms with Gasteiger partial charge in [0.25, 0.3) is 0 Å². The van der Waals surface area contributed by atoms with Gasteiger partial charge >= 0.3 is 0 Å². The number of hydrogen-bond acceptors (Lipinski definition) is 3. The minimum atomic E-state index is 0.138. The fourth-order valence-electron chi connectivity index (χ4n) is 3.84. The number of fused-ring (bicyclic) bond motifs is 2. The van der Waals surface area contributed by atoms with Gasteiger partial charge in [0.05, 0.1) is 6.61 Å². The van der Waals surface area contributed by atoms with E-state index in [0.717, 1.165) is 29.8 Å². The number of aryl methyl sites for hydroxylation is 1. The van der Waals surface area contributed by atoms with E-state index in [4.69, 9.17) is 4.74 Å². The van der Waals surface area contributed by atoms with Gasteiger partial charge in [-0.2, -0.15) is 0 Å². The van der Waals surface area contributed by atoms with Crippen molar-refractivity contribution in [2.45, 2.75) is 58.0 Å². The third-order valence-electron chi connectivity index (χ3n) is 4.83. The maximum absolute atomic E-state index is 12.3. The highest BCUT2D eigenvalue weighted by Gasteiger charge is 2.34. The van der Waals surface area contributed by atoms with Crippen LogP contribution in [0.15, 0.2) is 18.2 Å². The molecule has 0 aliphatic carbocycles. The summed E-state index contributed by atoms with van der Waals surface area (Å²) in [5, 5.41) is 6.69. The first-order valence-corrected chi connectivity index (χ1v) is 8.43. The average molecular weight is 302 g/mol. The summed E-state index contributed by atoms with van der Waals surface area (Å²) in [6.07, 6.45) is 5.49. The summed E-state index contributed by atoms with van der Waals surface area (Å²) in [5.41, 5.74) is 1.94. The lowest BCUT2D eigenvalue weighted by atomic mass is 9.89. The van der Waals surface area contributed by atoms with E-state index in [2.05, 4.69) is 10.6 Å². The van der Waals surface area contributed by atoms with E-state index in [1.807, 2.05) is 32.0 Å². The highest BCUT2D eigenvalue weighted by atomic mass is 16.5. The Balaban J connectivity index is 1.55. The van der Waals surface area contributed by atoms with Crippen LogP contribution in [-0.4, -0.2) is 24.6 Å². The largest absolute Gasteiger partial charge is 0.494 e. The third kappa shape index (κ3) is 3.61. The van der Waals surface area contributed by atoms with Crippen LogP contribution in [0.4, 0.5) is 5.69 Å². The zero-order chi connectivity index (χ0) is 15.5. The lowest BCUT2D eigenvalue weighted by Crippen LogP contribution is -2.39. The zero-order valence-electron chi connectivity index (χ0n) is 13.5. The molecule has 1 aromatic carbocycles. The van der Waals surface area contributed by atoms with Gasteiger partial charge in [0.2, 0.25) is 5.91 Å². The van der Waals surface area contributed by atoms with Crippen molar-refractivity contribution >= 4 is 11.6 Å². The molecule has 1 aromatic rings. The third-order valence-corrected chi connectivity index (χ3v) is 4.83. The number of anilines is 1. The van der Waals surface area contributed by atoms with Gasteiger partial charge in [0, 0.05) is 24.2 Å². The van der Waals surface area contributed by atoms with E-state index in [0.29, 0.717) is 31.0 Å². The first-order chi connectivity index (χ1) is 10.6. The maximum Gasteiger partial charge on any atom is 0.224 e. The van der Waals surface area contributed by atoms with Gasteiger partial charge in [0.1, 0.15) is 5.75 Å². The number of benzene rings is 1. The van der Waals surface area contributed by atoms with Crippen molar-refractivity contribution < 1.29 is 9.53 Å². The number of amides is 1. The van der Waals surface area contributed by atoms with Gasteiger partial charge in [-0.25, -0.2) is 0 Å². The Morgan fingerprint density at radius 3 is 2.68 bits per heavy atom. The van der Waals surface area contributed by atoms with Gasteiger partial charge in [-0.15, -0.1) is 0 Å². The van der Waals surface area contributed by atoms with Gasteiger partial charge in [-0.1, -0.05) is 0 Å². The number of piperidine rings is 1. The SMILES string of the molecule is CCOc1ccc(NC(=O)CC2CC3CCC(C2)N3)c(C)c1. The summed E-state index contributed by atoms with van der Waals surface area (Å²) >= 11 is 0. The highest BCUT2D eigenvalue weighted by Crippen LogP contribution is 2.33. The fraction of sp³-hybridized carbons (Fsp3) is 0.611. The number of carbonyl (C=O) groups is 1. The molecule has 2 aliphatic heterocycles. The smallest absolute Gasteiger partial charge is 0.224 e. The van der Waals surface area contributed by atoms with Crippen molar-refractivity contribution in [3.63, 3.8) is 0 Å². The molecule has 4 heteroatoms. The molecule has 2 fully saturated rings. The van der Waals surface area contributed by atoms with Crippen LogP contribution in [0, 0.1) is 12.8 Å². The number of rotatable bonds is 5. The number of hydrogen-bond donors (Lipinski definition) is 2. The molecule has 2 saturated heterocycles. The first kappa shape index (κ1) is 15.3. The van der Waals surface area contributed by atoms with Gasteiger partial charge in [0.15, 0.2) is 0 Å². The molecule has 0 aromatic heterocycles. The molecule has 4 nitrogen and oxygen atoms in total. The summed E-state index contributed by atoms with van der Waals surface area (Å²) in [6, 6.07) is 7.11. The van der Waals surface area contributed by atoms with Crippen molar-refractivity contribution in [1.29, 1.82) is 0 Å². The van der Waals surface area contributed by atoms with E-state index < -0.39 is 0 Å². The van der Waals surface area contributed by atoms with E-state index >= 15 is 0 Å². The second kappa shape index (κ2) is 6.69. The molecule has 2 unspecified atom stereocenters. The standard InChI is InChI=1S/C18H26N2O2/c1-3-22-16-6-7-17(12(2)8-16)20-18(21)11-13-9-14-4-5-15(10-13)19-14/h6-8,13-15,19H,3-5,9-11H2,1-2H3,(H,20,21). The van der Waals surface area contributed by atoms with E-state index in [1.54, 1.807) is 0 Å². The molecule has 22 heavy (non-hydrogen) atoms. The summed E-state index contributed by atoms with van der Waals surface area (Å²) < 4.78 is 5.48. The summed E-state index contributed by atoms with van der Waals surface area (Å²) in [7, 11) is 0. The second-order valence-corrected chi connectivity index (χ2v) is 6.64. The first-order valence-electron chi connectivity index (χ1n) is 8.43. The molecular formula is C18H26N2O2. The Hall–Kier alpha value is -1.55. The predicted molar refractivity (Wildman–Crippen MR) is 88.3 cm³/mol. The van der Waals surface area contributed by atoms with Crippen LogP contribution in [0.2, 0.25) is 0 Å². The molecule has 0 radical (unpaired) electrons. The molecule has 120 valence electrons. The minimum absolute atomic E-state index is 0.138. The number of nitrogens with one attached hydrogen (secondary N) is 2. The Kier molecular flexibility index (Phi) is 4.67. The minimum Gasteiger partial charge on any atom is -0.494 e. The van der Waals surface area contributed by atoms with Gasteiger partial charge < -0.3 is 15.4 Å². The molecule has 3 rings (SSSR count). The van der Waals surface area contributed by atoms with Crippen molar-refractivity contribution in [3.05, 3.63) is 23.8 Å². The monoisotopic (exact) mass is 302 g/mol. The van der Waals surface area contributed by atoms with Crippen molar-refractivity contribution in [2.75, 3.05) is 11.9 Å². The average Bonchev–Trinajstić information content (AvgIpc) is 2.81. The number of ether oxygens (including phenoxy) is 1. The molecule has 0 saturated carbocycles. The van der Waals surface area contributed by atoms with Crippen LogP contribution in [0.25, 0.3) is 0 Å². The van der Waals surface area contributed by atoms with Crippen molar-refractivity contribution in [2.24, 2.45) is 5.92 Å².